The number of nitrogens with one attached hydrogen (secondary N) is 1. The summed E-state index contributed by atoms with van der Waals surface area (Å²) < 4.78 is 33.0. The van der Waals surface area contributed by atoms with Gasteiger partial charge >= 0.3 is 0 Å². The van der Waals surface area contributed by atoms with Crippen molar-refractivity contribution in [3.05, 3.63) is 54.1 Å². The average Bonchev–Trinajstić information content (AvgIpc) is 3.10. The highest BCUT2D eigenvalue weighted by atomic mass is 32.2. The maximum atomic E-state index is 12.9. The van der Waals surface area contributed by atoms with Gasteiger partial charge in [0.2, 0.25) is 10.0 Å². The van der Waals surface area contributed by atoms with Gasteiger partial charge in [-0.25, -0.2) is 8.42 Å². The fraction of sp³-hybridized carbons (Fsp3) is 0.480. The number of nitrogens with zero attached hydrogens (tertiary/aromatic N) is 1. The summed E-state index contributed by atoms with van der Waals surface area (Å²) in [6.45, 7) is 3.99. The fourth-order valence-electron chi connectivity index (χ4n) is 3.77. The minimum atomic E-state index is -3.49. The van der Waals surface area contributed by atoms with Gasteiger partial charge in [-0.2, -0.15) is 4.31 Å². The Morgan fingerprint density at radius 1 is 0.906 bits per heavy atom. The fourth-order valence-corrected chi connectivity index (χ4v) is 5.28. The summed E-state index contributed by atoms with van der Waals surface area (Å²) in [6, 6.07) is 13.4. The summed E-state index contributed by atoms with van der Waals surface area (Å²) in [5.41, 5.74) is 1.07. The second-order valence-corrected chi connectivity index (χ2v) is 10.2. The number of hydrogen-bond acceptors (Lipinski definition) is 4. The largest absolute Gasteiger partial charge is 0.494 e. The predicted molar refractivity (Wildman–Crippen MR) is 128 cm³/mol. The Balaban J connectivity index is 1.55. The molecule has 1 amide bonds. The minimum absolute atomic E-state index is 0.248. The van der Waals surface area contributed by atoms with E-state index in [2.05, 4.69) is 12.2 Å². The van der Waals surface area contributed by atoms with Crippen molar-refractivity contribution in [2.45, 2.75) is 63.2 Å². The number of unbranched alkanes of at least 4 members (excludes halogenated alkanes) is 3. The Bertz CT molecular complexity index is 948. The number of anilines is 1. The van der Waals surface area contributed by atoms with Gasteiger partial charge in [0, 0.05) is 24.3 Å². The first-order valence-corrected chi connectivity index (χ1v) is 13.1. The monoisotopic (exact) mass is 458 g/mol. The van der Waals surface area contributed by atoms with Gasteiger partial charge in [-0.1, -0.05) is 39.0 Å². The van der Waals surface area contributed by atoms with E-state index in [9.17, 15) is 13.2 Å². The topological polar surface area (TPSA) is 75.7 Å². The number of ether oxygens (including phenoxy) is 1. The molecule has 1 aliphatic rings. The van der Waals surface area contributed by atoms with Gasteiger partial charge < -0.3 is 10.1 Å². The second-order valence-electron chi connectivity index (χ2n) is 8.23. The molecule has 0 saturated carbocycles. The molecule has 0 aliphatic carbocycles. The van der Waals surface area contributed by atoms with E-state index >= 15 is 0 Å². The van der Waals surface area contributed by atoms with Crippen LogP contribution < -0.4 is 10.1 Å². The third kappa shape index (κ3) is 6.81. The zero-order valence-electron chi connectivity index (χ0n) is 18.9. The van der Waals surface area contributed by atoms with Gasteiger partial charge in [0.15, 0.2) is 0 Å². The molecule has 32 heavy (non-hydrogen) atoms. The molecule has 0 aromatic heterocycles. The van der Waals surface area contributed by atoms with Crippen molar-refractivity contribution in [2.24, 2.45) is 0 Å². The molecule has 0 radical (unpaired) electrons. The van der Waals surface area contributed by atoms with Crippen molar-refractivity contribution in [1.29, 1.82) is 0 Å². The first-order chi connectivity index (χ1) is 15.5. The lowest BCUT2D eigenvalue weighted by Gasteiger charge is -2.20. The third-order valence-corrected chi connectivity index (χ3v) is 7.61. The number of amides is 1. The van der Waals surface area contributed by atoms with E-state index in [-0.39, 0.29) is 10.8 Å². The predicted octanol–water partition coefficient (Wildman–Crippen LogP) is 5.46. The smallest absolute Gasteiger partial charge is 0.255 e. The minimum Gasteiger partial charge on any atom is -0.494 e. The molecule has 1 fully saturated rings. The Morgan fingerprint density at radius 3 is 2.19 bits per heavy atom. The van der Waals surface area contributed by atoms with E-state index in [4.69, 9.17) is 4.74 Å². The molecule has 0 spiro atoms. The molecule has 1 saturated heterocycles. The molecule has 0 unspecified atom stereocenters. The molecule has 0 bridgehead atoms. The number of carbonyl (C=O) groups is 1. The third-order valence-electron chi connectivity index (χ3n) is 5.70. The van der Waals surface area contributed by atoms with Crippen LogP contribution in [0.2, 0.25) is 0 Å². The standard InChI is InChI=1S/C25H34N2O4S/c1-2-3-4-9-20-31-23-14-10-21(11-15-23)25(28)26-22-12-16-24(17-13-22)32(29,30)27-18-7-5-6-8-19-27/h10-17H,2-9,18-20H2,1H3,(H,26,28). The molecule has 174 valence electrons. The van der Waals surface area contributed by atoms with Crippen molar-refractivity contribution in [2.75, 3.05) is 25.0 Å². The first-order valence-electron chi connectivity index (χ1n) is 11.6. The molecule has 1 aliphatic heterocycles. The lowest BCUT2D eigenvalue weighted by atomic mass is 10.2. The Morgan fingerprint density at radius 2 is 1.56 bits per heavy atom. The summed E-state index contributed by atoms with van der Waals surface area (Å²) >= 11 is 0. The Kier molecular flexibility index (Phi) is 9.11. The lowest BCUT2D eigenvalue weighted by molar-refractivity contribution is 0.102. The van der Waals surface area contributed by atoms with Gasteiger partial charge in [0.05, 0.1) is 11.5 Å². The van der Waals surface area contributed by atoms with Crippen LogP contribution in [-0.2, 0) is 10.0 Å². The first kappa shape index (κ1) is 24.3. The van der Waals surface area contributed by atoms with Crippen LogP contribution in [0.25, 0.3) is 0 Å². The molecular formula is C25H34N2O4S. The highest BCUT2D eigenvalue weighted by Crippen LogP contribution is 2.22. The van der Waals surface area contributed by atoms with Gasteiger partial charge in [-0.05, 0) is 67.8 Å². The van der Waals surface area contributed by atoms with E-state index in [0.29, 0.717) is 30.9 Å². The molecule has 0 atom stereocenters. The van der Waals surface area contributed by atoms with Crippen molar-refractivity contribution < 1.29 is 17.9 Å². The number of carbonyl (C=O) groups excluding carboxylic acids is 1. The molecule has 2 aromatic rings. The van der Waals surface area contributed by atoms with Crippen LogP contribution >= 0.6 is 0 Å². The van der Waals surface area contributed by atoms with Crippen molar-refractivity contribution in [1.82, 2.24) is 4.31 Å². The molecule has 1 N–H and O–H groups in total. The van der Waals surface area contributed by atoms with Crippen LogP contribution in [0, 0.1) is 0 Å². The van der Waals surface area contributed by atoms with Crippen molar-refractivity contribution >= 4 is 21.6 Å². The summed E-state index contributed by atoms with van der Waals surface area (Å²) in [6.07, 6.45) is 8.54. The molecule has 1 heterocycles. The van der Waals surface area contributed by atoms with Crippen LogP contribution in [0.4, 0.5) is 5.69 Å². The van der Waals surface area contributed by atoms with E-state index < -0.39 is 10.0 Å². The average molecular weight is 459 g/mol. The maximum Gasteiger partial charge on any atom is 0.255 e. The van der Waals surface area contributed by atoms with E-state index in [1.165, 1.54) is 12.8 Å². The van der Waals surface area contributed by atoms with E-state index in [0.717, 1.165) is 44.3 Å². The van der Waals surface area contributed by atoms with Gasteiger partial charge in [0.1, 0.15) is 5.75 Å². The highest BCUT2D eigenvalue weighted by Gasteiger charge is 2.25. The van der Waals surface area contributed by atoms with E-state index in [1.807, 2.05) is 0 Å². The quantitative estimate of drug-likeness (QED) is 0.480. The molecule has 3 rings (SSSR count). The van der Waals surface area contributed by atoms with Crippen LogP contribution in [0.5, 0.6) is 5.75 Å². The molecule has 2 aromatic carbocycles. The van der Waals surface area contributed by atoms with Crippen molar-refractivity contribution in [3.8, 4) is 5.75 Å². The molecular weight excluding hydrogens is 424 g/mol. The molecule has 7 heteroatoms. The number of hydrogen-bond donors (Lipinski definition) is 1. The summed E-state index contributed by atoms with van der Waals surface area (Å²) in [7, 11) is -3.49. The number of rotatable bonds is 10. The number of sulfonamides is 1. The Labute approximate surface area is 192 Å². The van der Waals surface area contributed by atoms with Crippen LogP contribution in [-0.4, -0.2) is 38.3 Å². The zero-order valence-corrected chi connectivity index (χ0v) is 19.7. The van der Waals surface area contributed by atoms with Crippen LogP contribution in [0.1, 0.15) is 68.6 Å². The highest BCUT2D eigenvalue weighted by molar-refractivity contribution is 7.89. The summed E-state index contributed by atoms with van der Waals surface area (Å²) in [5, 5.41) is 2.82. The van der Waals surface area contributed by atoms with Crippen LogP contribution in [0.15, 0.2) is 53.4 Å². The zero-order chi connectivity index (χ0) is 22.8. The normalized spacial score (nSPS) is 15.2. The number of benzene rings is 2. The SMILES string of the molecule is CCCCCCOc1ccc(C(=O)Nc2ccc(S(=O)(=O)N3CCCCCC3)cc2)cc1. The van der Waals surface area contributed by atoms with Gasteiger partial charge in [-0.15, -0.1) is 0 Å². The van der Waals surface area contributed by atoms with Gasteiger partial charge in [-0.3, -0.25) is 4.79 Å². The van der Waals surface area contributed by atoms with Gasteiger partial charge in [0.25, 0.3) is 5.91 Å². The maximum absolute atomic E-state index is 12.9. The second kappa shape index (κ2) is 12.0. The Hall–Kier alpha value is -2.38. The molecule has 6 nitrogen and oxygen atoms in total. The van der Waals surface area contributed by atoms with Crippen molar-refractivity contribution in [3.63, 3.8) is 0 Å². The lowest BCUT2D eigenvalue weighted by Crippen LogP contribution is -2.31. The summed E-state index contributed by atoms with van der Waals surface area (Å²) in [5.74, 6) is 0.503. The van der Waals surface area contributed by atoms with E-state index in [1.54, 1.807) is 52.8 Å². The summed E-state index contributed by atoms with van der Waals surface area (Å²) in [4.78, 5) is 12.8. The van der Waals surface area contributed by atoms with Crippen LogP contribution in [0.3, 0.4) is 0 Å².